The lowest BCUT2D eigenvalue weighted by Crippen LogP contribution is -2.48. The molecule has 178 valence electrons. The molecule has 3 aromatic carbocycles. The van der Waals surface area contributed by atoms with Gasteiger partial charge in [0.05, 0.1) is 0 Å². The topological polar surface area (TPSA) is 34.2 Å². The number of nitrogens with zero attached hydrogens (tertiary/aromatic N) is 2. The zero-order chi connectivity index (χ0) is 23.3. The average molecular weight is 467 g/mol. The predicted molar refractivity (Wildman–Crippen MR) is 125 cm³/mol. The second-order valence-corrected chi connectivity index (χ2v) is 8.64. The van der Waals surface area contributed by atoms with Crippen molar-refractivity contribution in [2.75, 3.05) is 46.1 Å². The zero-order valence-corrected chi connectivity index (χ0v) is 19.0. The molecule has 0 bridgehead atoms. The molecule has 0 saturated carbocycles. The Balaban J connectivity index is 1.16. The van der Waals surface area contributed by atoms with E-state index in [2.05, 4.69) is 9.80 Å². The van der Waals surface area contributed by atoms with E-state index in [1.165, 1.54) is 24.3 Å². The van der Waals surface area contributed by atoms with Gasteiger partial charge in [-0.05, 0) is 53.9 Å². The Morgan fingerprint density at radius 3 is 2.21 bits per heavy atom. The largest absolute Gasteiger partial charge is 0.492 e. The van der Waals surface area contributed by atoms with Gasteiger partial charge in [0, 0.05) is 44.8 Å². The lowest BCUT2D eigenvalue weighted by atomic mass is 9.96. The average Bonchev–Trinajstić information content (AvgIpc) is 3.33. The molecule has 0 aromatic heterocycles. The molecule has 3 aromatic rings. The van der Waals surface area contributed by atoms with Crippen LogP contribution in [0, 0.1) is 11.6 Å². The second-order valence-electron chi connectivity index (χ2n) is 8.64. The lowest BCUT2D eigenvalue weighted by molar-refractivity contribution is 0.0858. The molecule has 0 aliphatic carbocycles. The van der Waals surface area contributed by atoms with Crippen LogP contribution in [0.25, 0.3) is 0 Å². The van der Waals surface area contributed by atoms with Gasteiger partial charge in [0.15, 0.2) is 11.5 Å². The first-order valence-corrected chi connectivity index (χ1v) is 11.6. The first kappa shape index (κ1) is 22.6. The maximum atomic E-state index is 13.5. The highest BCUT2D eigenvalue weighted by atomic mass is 19.1. The van der Waals surface area contributed by atoms with E-state index >= 15 is 0 Å². The van der Waals surface area contributed by atoms with Crippen LogP contribution >= 0.6 is 0 Å². The van der Waals surface area contributed by atoms with Crippen LogP contribution in [0.3, 0.4) is 0 Å². The van der Waals surface area contributed by atoms with Gasteiger partial charge in [0.1, 0.15) is 24.0 Å². The molecule has 5 rings (SSSR count). The molecule has 0 radical (unpaired) electrons. The molecule has 7 heteroatoms. The van der Waals surface area contributed by atoms with Crippen LogP contribution < -0.4 is 14.2 Å². The molecule has 5 nitrogen and oxygen atoms in total. The molecule has 0 N–H and O–H groups in total. The molecule has 0 spiro atoms. The van der Waals surface area contributed by atoms with E-state index in [1.54, 1.807) is 0 Å². The van der Waals surface area contributed by atoms with Gasteiger partial charge in [-0.1, -0.05) is 24.3 Å². The van der Waals surface area contributed by atoms with Gasteiger partial charge in [-0.25, -0.2) is 8.78 Å². The minimum absolute atomic E-state index is 0.109. The van der Waals surface area contributed by atoms with Gasteiger partial charge in [-0.3, -0.25) is 9.80 Å². The Bertz CT molecular complexity index is 1080. The summed E-state index contributed by atoms with van der Waals surface area (Å²) in [5, 5.41) is 0. The number of fused-ring (bicyclic) bond motifs is 1. The number of benzene rings is 3. The van der Waals surface area contributed by atoms with Gasteiger partial charge in [-0.2, -0.15) is 0 Å². The van der Waals surface area contributed by atoms with E-state index in [-0.39, 0.29) is 24.5 Å². The minimum atomic E-state index is -0.239. The fraction of sp³-hybridized carbons (Fsp3) is 0.333. The van der Waals surface area contributed by atoms with Crippen molar-refractivity contribution in [3.8, 4) is 17.2 Å². The van der Waals surface area contributed by atoms with Crippen molar-refractivity contribution in [2.24, 2.45) is 0 Å². The minimum Gasteiger partial charge on any atom is -0.492 e. The Morgan fingerprint density at radius 1 is 0.794 bits per heavy atom. The molecule has 2 aliphatic rings. The van der Waals surface area contributed by atoms with E-state index in [0.29, 0.717) is 6.61 Å². The number of hydrogen-bond donors (Lipinski definition) is 0. The third kappa shape index (κ3) is 5.48. The van der Waals surface area contributed by atoms with E-state index in [0.717, 1.165) is 67.5 Å². The maximum Gasteiger partial charge on any atom is 0.231 e. The smallest absolute Gasteiger partial charge is 0.231 e. The van der Waals surface area contributed by atoms with Crippen molar-refractivity contribution in [3.05, 3.63) is 89.5 Å². The van der Waals surface area contributed by atoms with Gasteiger partial charge in [0.2, 0.25) is 6.79 Å². The standard InChI is InChI=1S/C27H28F2N2O3/c28-22-5-1-20(2-6-22)17-25(21-3-7-23(29)8-4-21)31-13-11-30(12-14-31)15-16-32-24-9-10-26-27(18-24)34-19-33-26/h1-10,18,25H,11-17,19H2. The fourth-order valence-corrected chi connectivity index (χ4v) is 4.54. The Labute approximate surface area is 198 Å². The van der Waals surface area contributed by atoms with Crippen LogP contribution in [0.15, 0.2) is 66.7 Å². The summed E-state index contributed by atoms with van der Waals surface area (Å²) >= 11 is 0. The molecule has 0 amide bonds. The summed E-state index contributed by atoms with van der Waals surface area (Å²) in [4.78, 5) is 4.83. The molecular formula is C27H28F2N2O3. The van der Waals surface area contributed by atoms with Crippen molar-refractivity contribution < 1.29 is 23.0 Å². The summed E-state index contributed by atoms with van der Waals surface area (Å²) < 4.78 is 43.6. The molecule has 1 atom stereocenters. The first-order valence-electron chi connectivity index (χ1n) is 11.6. The number of piperazine rings is 1. The Hall–Kier alpha value is -3.16. The van der Waals surface area contributed by atoms with Crippen LogP contribution in [0.5, 0.6) is 17.2 Å². The number of halogens is 2. The molecule has 34 heavy (non-hydrogen) atoms. The number of rotatable bonds is 8. The van der Waals surface area contributed by atoms with Crippen molar-refractivity contribution >= 4 is 0 Å². The Morgan fingerprint density at radius 2 is 1.47 bits per heavy atom. The SMILES string of the molecule is Fc1ccc(CC(c2ccc(F)cc2)N2CCN(CCOc3ccc4c(c3)OCO4)CC2)cc1. The van der Waals surface area contributed by atoms with Gasteiger partial charge >= 0.3 is 0 Å². The van der Waals surface area contributed by atoms with Crippen LogP contribution in [0.2, 0.25) is 0 Å². The van der Waals surface area contributed by atoms with Crippen LogP contribution in [-0.4, -0.2) is 55.9 Å². The van der Waals surface area contributed by atoms with E-state index in [1.807, 2.05) is 42.5 Å². The van der Waals surface area contributed by atoms with Crippen molar-refractivity contribution in [1.82, 2.24) is 9.80 Å². The van der Waals surface area contributed by atoms with Gasteiger partial charge in [0.25, 0.3) is 0 Å². The predicted octanol–water partition coefficient (Wildman–Crippen LogP) is 4.67. The van der Waals surface area contributed by atoms with Gasteiger partial charge < -0.3 is 14.2 Å². The quantitative estimate of drug-likeness (QED) is 0.482. The van der Waals surface area contributed by atoms with Gasteiger partial charge in [-0.15, -0.1) is 0 Å². The van der Waals surface area contributed by atoms with E-state index < -0.39 is 0 Å². The molecule has 2 heterocycles. The van der Waals surface area contributed by atoms with E-state index in [4.69, 9.17) is 14.2 Å². The molecule has 2 aliphatic heterocycles. The first-order chi connectivity index (χ1) is 16.6. The third-order valence-corrected chi connectivity index (χ3v) is 6.47. The van der Waals surface area contributed by atoms with Crippen molar-refractivity contribution in [1.29, 1.82) is 0 Å². The van der Waals surface area contributed by atoms with E-state index in [9.17, 15) is 8.78 Å². The highest BCUT2D eigenvalue weighted by Crippen LogP contribution is 2.35. The molecule has 1 fully saturated rings. The Kier molecular flexibility index (Phi) is 6.92. The summed E-state index contributed by atoms with van der Waals surface area (Å²) in [5.41, 5.74) is 2.14. The fourth-order valence-electron chi connectivity index (χ4n) is 4.54. The lowest BCUT2D eigenvalue weighted by Gasteiger charge is -2.39. The van der Waals surface area contributed by atoms with Crippen LogP contribution in [0.4, 0.5) is 8.78 Å². The maximum absolute atomic E-state index is 13.5. The van der Waals surface area contributed by atoms with Crippen LogP contribution in [-0.2, 0) is 6.42 Å². The number of hydrogen-bond acceptors (Lipinski definition) is 5. The normalized spacial score (nSPS) is 17.0. The second kappa shape index (κ2) is 10.4. The third-order valence-electron chi connectivity index (χ3n) is 6.47. The summed E-state index contributed by atoms with van der Waals surface area (Å²) in [7, 11) is 0. The summed E-state index contributed by atoms with van der Waals surface area (Å²) in [5.74, 6) is 1.77. The van der Waals surface area contributed by atoms with Crippen molar-refractivity contribution in [3.63, 3.8) is 0 Å². The van der Waals surface area contributed by atoms with Crippen molar-refractivity contribution in [2.45, 2.75) is 12.5 Å². The summed E-state index contributed by atoms with van der Waals surface area (Å²) in [6.07, 6.45) is 0.749. The highest BCUT2D eigenvalue weighted by molar-refractivity contribution is 5.46. The summed E-state index contributed by atoms with van der Waals surface area (Å²) in [6, 6.07) is 19.1. The highest BCUT2D eigenvalue weighted by Gasteiger charge is 2.25. The summed E-state index contributed by atoms with van der Waals surface area (Å²) in [6.45, 7) is 5.32. The monoisotopic (exact) mass is 466 g/mol. The molecule has 1 saturated heterocycles. The molecular weight excluding hydrogens is 438 g/mol. The van der Waals surface area contributed by atoms with Crippen LogP contribution in [0.1, 0.15) is 17.2 Å². The molecule has 1 unspecified atom stereocenters. The zero-order valence-electron chi connectivity index (χ0n) is 19.0. The number of ether oxygens (including phenoxy) is 3.